The van der Waals surface area contributed by atoms with Gasteiger partial charge in [0.15, 0.2) is 10.8 Å². The van der Waals surface area contributed by atoms with E-state index in [2.05, 4.69) is 51.3 Å². The molecule has 0 unspecified atom stereocenters. The summed E-state index contributed by atoms with van der Waals surface area (Å²) >= 11 is 1.11. The van der Waals surface area contributed by atoms with E-state index in [1.807, 2.05) is 74.7 Å². The molecule has 7 heteroatoms. The molecule has 5 nitrogen and oxygen atoms in total. The van der Waals surface area contributed by atoms with Crippen molar-refractivity contribution in [3.63, 3.8) is 0 Å². The van der Waals surface area contributed by atoms with E-state index in [0.29, 0.717) is 5.65 Å². The van der Waals surface area contributed by atoms with Crippen LogP contribution < -0.4 is 5.32 Å². The maximum Gasteiger partial charge on any atom is 0.181 e. The third kappa shape index (κ3) is 5.81. The Kier molecular flexibility index (Phi) is 8.08. The number of fused-ring (bicyclic) bond motifs is 1. The minimum atomic E-state index is -0.227. The second-order valence-electron chi connectivity index (χ2n) is 9.35. The molecule has 0 aliphatic rings. The summed E-state index contributed by atoms with van der Waals surface area (Å²) in [6.07, 6.45) is 11.2. The molecule has 0 radical (unpaired) electrons. The summed E-state index contributed by atoms with van der Waals surface area (Å²) < 4.78 is 13.8. The highest BCUT2D eigenvalue weighted by atomic mass is 32.1. The molecule has 0 amide bonds. The van der Waals surface area contributed by atoms with Crippen LogP contribution in [0.25, 0.3) is 39.3 Å². The molecule has 41 heavy (non-hydrogen) atoms. The molecule has 0 saturated heterocycles. The first-order valence-electron chi connectivity index (χ1n) is 13.1. The molecule has 0 fully saturated rings. The Hall–Kier alpha value is -5.01. The van der Waals surface area contributed by atoms with Crippen molar-refractivity contribution >= 4 is 39.2 Å². The Morgan fingerprint density at radius 2 is 1.88 bits per heavy atom. The number of benzene rings is 1. The quantitative estimate of drug-likeness (QED) is 0.150. The predicted octanol–water partition coefficient (Wildman–Crippen LogP) is 8.81. The van der Waals surface area contributed by atoms with Gasteiger partial charge >= 0.3 is 0 Å². The van der Waals surface area contributed by atoms with Crippen LogP contribution in [0.4, 0.5) is 4.39 Å². The topological polar surface area (TPSA) is 69.4 Å². The average Bonchev–Trinajstić information content (AvgIpc) is 3.72. The Bertz CT molecular complexity index is 1850. The van der Waals surface area contributed by atoms with Crippen molar-refractivity contribution in [1.82, 2.24) is 25.5 Å². The minimum Gasteiger partial charge on any atom is -0.357 e. The number of pyridine rings is 1. The van der Waals surface area contributed by atoms with E-state index < -0.39 is 0 Å². The highest BCUT2D eigenvalue weighted by Crippen LogP contribution is 2.35. The molecule has 4 aromatic heterocycles. The van der Waals surface area contributed by atoms with Gasteiger partial charge in [0, 0.05) is 50.2 Å². The van der Waals surface area contributed by atoms with Crippen molar-refractivity contribution < 1.29 is 4.39 Å². The number of rotatable bonds is 10. The first-order chi connectivity index (χ1) is 19.9. The summed E-state index contributed by atoms with van der Waals surface area (Å²) in [4.78, 5) is 8.93. The first-order valence-corrected chi connectivity index (χ1v) is 13.9. The van der Waals surface area contributed by atoms with Gasteiger partial charge in [-0.05, 0) is 61.4 Å². The van der Waals surface area contributed by atoms with Gasteiger partial charge in [-0.2, -0.15) is 9.49 Å². The van der Waals surface area contributed by atoms with Crippen LogP contribution in [0.5, 0.6) is 0 Å². The van der Waals surface area contributed by atoms with Gasteiger partial charge in [-0.3, -0.25) is 5.10 Å². The van der Waals surface area contributed by atoms with Gasteiger partial charge in [-0.25, -0.2) is 4.98 Å². The molecule has 0 aliphatic heterocycles. The summed E-state index contributed by atoms with van der Waals surface area (Å²) in [7, 11) is 0. The van der Waals surface area contributed by atoms with Gasteiger partial charge in [0.2, 0.25) is 0 Å². The van der Waals surface area contributed by atoms with E-state index in [1.165, 1.54) is 6.07 Å². The summed E-state index contributed by atoms with van der Waals surface area (Å²) in [5.41, 5.74) is 9.60. The zero-order chi connectivity index (χ0) is 28.9. The van der Waals surface area contributed by atoms with Crippen molar-refractivity contribution in [2.75, 3.05) is 0 Å². The number of hydrogen-bond donors (Lipinski definition) is 3. The van der Waals surface area contributed by atoms with Gasteiger partial charge in [-0.1, -0.05) is 68.3 Å². The fraction of sp³-hybridized carbons (Fsp3) is 0.0588. The van der Waals surface area contributed by atoms with Crippen molar-refractivity contribution in [3.8, 4) is 11.4 Å². The molecule has 5 aromatic rings. The normalized spacial score (nSPS) is 12.5. The minimum absolute atomic E-state index is 0.227. The Balaban J connectivity index is 1.49. The number of thiophene rings is 1. The molecule has 0 saturated carbocycles. The number of aromatic nitrogens is 4. The molecule has 0 atom stereocenters. The van der Waals surface area contributed by atoms with E-state index in [0.717, 1.165) is 77.9 Å². The van der Waals surface area contributed by atoms with E-state index in [4.69, 9.17) is 0 Å². The Morgan fingerprint density at radius 1 is 1.07 bits per heavy atom. The van der Waals surface area contributed by atoms with Gasteiger partial charge < -0.3 is 10.3 Å². The van der Waals surface area contributed by atoms with Crippen molar-refractivity contribution in [3.05, 3.63) is 149 Å². The van der Waals surface area contributed by atoms with Crippen LogP contribution in [0, 0.1) is 12.1 Å². The van der Waals surface area contributed by atoms with Crippen molar-refractivity contribution in [1.29, 1.82) is 0 Å². The van der Waals surface area contributed by atoms with Gasteiger partial charge in [0.05, 0.1) is 11.4 Å². The molecular weight excluding hydrogens is 529 g/mol. The lowest BCUT2D eigenvalue weighted by Crippen LogP contribution is -2.09. The number of aromatic amines is 2. The molecule has 5 rings (SSSR count). The van der Waals surface area contributed by atoms with E-state index in [-0.39, 0.29) is 5.13 Å². The second-order valence-corrected chi connectivity index (χ2v) is 10.4. The molecule has 0 bridgehead atoms. The molecule has 4 heterocycles. The zero-order valence-electron chi connectivity index (χ0n) is 23.0. The number of nitrogens with zero attached hydrogens (tertiary/aromatic N) is 2. The van der Waals surface area contributed by atoms with E-state index in [9.17, 15) is 4.39 Å². The fourth-order valence-corrected chi connectivity index (χ4v) is 5.42. The number of allylic oxidation sites excluding steroid dienone is 6. The standard InChI is InChI=1S/C34H30FN5S/c1-6-12-27(31-15-16-32(35)41-31)28-19-30(38-22(28)5)33-29-18-25(20-36-34(29)40-39-33)23(7-2)17-26(8-3)37-21(4)24-13-10-9-11-14-24/h6-20,37-38H,1,3-4H2,2,5H3,(H,36,39,40)/b23-7+,26-17+,27-12+. The van der Waals surface area contributed by atoms with Gasteiger partial charge in [0.1, 0.15) is 0 Å². The van der Waals surface area contributed by atoms with Crippen LogP contribution in [0.3, 0.4) is 0 Å². The van der Waals surface area contributed by atoms with Crippen molar-refractivity contribution in [2.45, 2.75) is 13.8 Å². The summed E-state index contributed by atoms with van der Waals surface area (Å²) in [6, 6.07) is 17.3. The molecule has 1 aromatic carbocycles. The van der Waals surface area contributed by atoms with Crippen LogP contribution in [-0.2, 0) is 0 Å². The Morgan fingerprint density at radius 3 is 2.56 bits per heavy atom. The number of nitrogens with one attached hydrogen (secondary N) is 3. The zero-order valence-corrected chi connectivity index (χ0v) is 23.8. The van der Waals surface area contributed by atoms with Gasteiger partial charge in [-0.15, -0.1) is 11.3 Å². The van der Waals surface area contributed by atoms with Crippen LogP contribution >= 0.6 is 11.3 Å². The van der Waals surface area contributed by atoms with Crippen LogP contribution in [-0.4, -0.2) is 20.2 Å². The van der Waals surface area contributed by atoms with Crippen molar-refractivity contribution in [2.24, 2.45) is 0 Å². The number of H-pyrrole nitrogens is 2. The maximum absolute atomic E-state index is 13.8. The smallest absolute Gasteiger partial charge is 0.181 e. The van der Waals surface area contributed by atoms with Crippen LogP contribution in [0.2, 0.25) is 0 Å². The first kappa shape index (κ1) is 27.6. The largest absolute Gasteiger partial charge is 0.357 e. The van der Waals surface area contributed by atoms with Gasteiger partial charge in [0.25, 0.3) is 0 Å². The molecule has 0 aliphatic carbocycles. The molecular formula is C34H30FN5S. The predicted molar refractivity (Wildman–Crippen MR) is 171 cm³/mol. The monoisotopic (exact) mass is 559 g/mol. The summed E-state index contributed by atoms with van der Waals surface area (Å²) in [5, 5.41) is 11.6. The average molecular weight is 560 g/mol. The van der Waals surface area contributed by atoms with E-state index in [1.54, 1.807) is 18.2 Å². The second kappa shape index (κ2) is 12.0. The summed E-state index contributed by atoms with van der Waals surface area (Å²) in [6.45, 7) is 16.0. The maximum atomic E-state index is 13.8. The highest BCUT2D eigenvalue weighted by Gasteiger charge is 2.18. The third-order valence-corrected chi connectivity index (χ3v) is 7.61. The Labute approximate surface area is 242 Å². The number of halogens is 1. The van der Waals surface area contributed by atoms with E-state index >= 15 is 0 Å². The lowest BCUT2D eigenvalue weighted by atomic mass is 10.0. The summed E-state index contributed by atoms with van der Waals surface area (Å²) in [5.74, 6) is 0. The lowest BCUT2D eigenvalue weighted by molar-refractivity contribution is 0.657. The molecule has 3 N–H and O–H groups in total. The highest BCUT2D eigenvalue weighted by molar-refractivity contribution is 7.11. The third-order valence-electron chi connectivity index (χ3n) is 6.70. The molecule has 204 valence electrons. The fourth-order valence-electron chi connectivity index (χ4n) is 4.65. The number of hydrogen-bond acceptors (Lipinski definition) is 4. The molecule has 0 spiro atoms. The lowest BCUT2D eigenvalue weighted by Gasteiger charge is -2.12. The van der Waals surface area contributed by atoms with Crippen LogP contribution in [0.1, 0.15) is 34.2 Å². The number of aryl methyl sites for hydroxylation is 1. The van der Waals surface area contributed by atoms with Crippen LogP contribution in [0.15, 0.2) is 117 Å². The SMILES string of the molecule is C=C/C=C(/c1ccc(F)s1)c1cc(-c2[nH]nc3ncc(C(/C=C(\C=C)NC(=C)c4ccccc4)=C/C)cc23)[nH]c1C.